The quantitative estimate of drug-likeness (QED) is 0.692. The molecule has 0 radical (unpaired) electrons. The van der Waals surface area contributed by atoms with Crippen molar-refractivity contribution in [3.63, 3.8) is 0 Å². The number of nitrogens with one attached hydrogen (secondary N) is 1. The predicted octanol–water partition coefficient (Wildman–Crippen LogP) is 1.32. The van der Waals surface area contributed by atoms with Crippen molar-refractivity contribution in [2.24, 2.45) is 5.92 Å². The maximum absolute atomic E-state index is 11.2. The number of rotatable bonds is 3. The zero-order chi connectivity index (χ0) is 11.5. The third-order valence-electron chi connectivity index (χ3n) is 2.95. The first-order valence-electron chi connectivity index (χ1n) is 5.18. The lowest BCUT2D eigenvalue weighted by atomic mass is 9.76. The van der Waals surface area contributed by atoms with Crippen LogP contribution in [-0.2, 0) is 9.59 Å². The molecule has 2 unspecified atom stereocenters. The average Bonchev–Trinajstić information content (AvgIpc) is 2.17. The largest absolute Gasteiger partial charge is 0.480 e. The molecule has 0 heterocycles. The number of hydrogen-bond donors (Lipinski definition) is 2. The minimum atomic E-state index is -1.08. The molecule has 1 rings (SSSR count). The Labute approximate surface area is 89.4 Å². The van der Waals surface area contributed by atoms with Gasteiger partial charge in [-0.1, -0.05) is 26.3 Å². The van der Waals surface area contributed by atoms with Gasteiger partial charge in [-0.2, -0.15) is 0 Å². The van der Waals surface area contributed by atoms with Crippen LogP contribution in [0.3, 0.4) is 0 Å². The van der Waals surface area contributed by atoms with Crippen LogP contribution >= 0.6 is 0 Å². The van der Waals surface area contributed by atoms with Crippen molar-refractivity contribution in [2.75, 3.05) is 0 Å². The highest BCUT2D eigenvalue weighted by atomic mass is 16.4. The second-order valence-electron chi connectivity index (χ2n) is 4.28. The second-order valence-corrected chi connectivity index (χ2v) is 4.28. The van der Waals surface area contributed by atoms with Gasteiger partial charge in [-0.25, -0.2) is 4.79 Å². The van der Waals surface area contributed by atoms with E-state index in [-0.39, 0.29) is 0 Å². The van der Waals surface area contributed by atoms with Gasteiger partial charge in [-0.05, 0) is 24.8 Å². The van der Waals surface area contributed by atoms with E-state index in [1.54, 1.807) is 0 Å². The highest BCUT2D eigenvalue weighted by Gasteiger charge is 2.42. The van der Waals surface area contributed by atoms with Crippen molar-refractivity contribution in [3.05, 3.63) is 12.7 Å². The topological polar surface area (TPSA) is 66.4 Å². The van der Waals surface area contributed by atoms with E-state index in [1.807, 2.05) is 6.92 Å². The number of aliphatic carboxylic acids is 1. The summed E-state index contributed by atoms with van der Waals surface area (Å²) in [6.45, 7) is 5.34. The smallest absolute Gasteiger partial charge is 0.329 e. The van der Waals surface area contributed by atoms with Crippen molar-refractivity contribution in [1.29, 1.82) is 0 Å². The van der Waals surface area contributed by atoms with Crippen LogP contribution < -0.4 is 5.32 Å². The second kappa shape index (κ2) is 4.47. The summed E-state index contributed by atoms with van der Waals surface area (Å²) in [6, 6.07) is 0. The zero-order valence-electron chi connectivity index (χ0n) is 8.95. The lowest BCUT2D eigenvalue weighted by molar-refractivity contribution is -0.149. The van der Waals surface area contributed by atoms with E-state index in [1.165, 1.54) is 0 Å². The fourth-order valence-corrected chi connectivity index (χ4v) is 2.20. The molecule has 0 aromatic rings. The Morgan fingerprint density at radius 1 is 1.60 bits per heavy atom. The minimum absolute atomic E-state index is 0.333. The number of carboxylic acids is 1. The average molecular weight is 211 g/mol. The SMILES string of the molecule is C=CC(=O)NC1(C(=O)O)CCCC(C)C1. The van der Waals surface area contributed by atoms with Crippen molar-refractivity contribution in [1.82, 2.24) is 5.32 Å². The van der Waals surface area contributed by atoms with Crippen LogP contribution in [0.15, 0.2) is 12.7 Å². The lowest BCUT2D eigenvalue weighted by Crippen LogP contribution is -2.56. The first-order valence-corrected chi connectivity index (χ1v) is 5.18. The summed E-state index contributed by atoms with van der Waals surface area (Å²) in [6.07, 6.45) is 3.99. The van der Waals surface area contributed by atoms with E-state index >= 15 is 0 Å². The molecular formula is C11H17NO3. The van der Waals surface area contributed by atoms with Crippen molar-refractivity contribution in [3.8, 4) is 0 Å². The molecule has 1 saturated carbocycles. The molecule has 0 saturated heterocycles. The predicted molar refractivity (Wildman–Crippen MR) is 56.3 cm³/mol. The number of carbonyl (C=O) groups is 2. The third-order valence-corrected chi connectivity index (χ3v) is 2.95. The van der Waals surface area contributed by atoms with E-state index in [0.717, 1.165) is 18.9 Å². The number of hydrogen-bond acceptors (Lipinski definition) is 2. The molecule has 2 N–H and O–H groups in total. The summed E-state index contributed by atoms with van der Waals surface area (Å²) in [5, 5.41) is 11.8. The standard InChI is InChI=1S/C11H17NO3/c1-3-9(13)12-11(10(14)15)6-4-5-8(2)7-11/h3,8H,1,4-7H2,2H3,(H,12,13)(H,14,15). The molecule has 0 spiro atoms. The number of carboxylic acid groups (broad SMARTS) is 1. The Kier molecular flexibility index (Phi) is 3.50. The van der Waals surface area contributed by atoms with E-state index in [9.17, 15) is 14.7 Å². The molecule has 1 amide bonds. The first-order chi connectivity index (χ1) is 7.00. The van der Waals surface area contributed by atoms with Gasteiger partial charge in [0.1, 0.15) is 5.54 Å². The number of carbonyl (C=O) groups excluding carboxylic acids is 1. The molecule has 1 aliphatic rings. The highest BCUT2D eigenvalue weighted by Crippen LogP contribution is 2.32. The van der Waals surface area contributed by atoms with Gasteiger partial charge < -0.3 is 10.4 Å². The van der Waals surface area contributed by atoms with Gasteiger partial charge in [0.2, 0.25) is 5.91 Å². The Hall–Kier alpha value is -1.32. The maximum Gasteiger partial charge on any atom is 0.329 e. The summed E-state index contributed by atoms with van der Waals surface area (Å²) in [5.41, 5.74) is -1.08. The van der Waals surface area contributed by atoms with Gasteiger partial charge in [0.05, 0.1) is 0 Å². The zero-order valence-corrected chi connectivity index (χ0v) is 8.95. The molecule has 15 heavy (non-hydrogen) atoms. The van der Waals surface area contributed by atoms with E-state index in [2.05, 4.69) is 11.9 Å². The van der Waals surface area contributed by atoms with Crippen molar-refractivity contribution < 1.29 is 14.7 Å². The van der Waals surface area contributed by atoms with Gasteiger partial charge in [0, 0.05) is 0 Å². The molecule has 0 bridgehead atoms. The Bertz CT molecular complexity index is 288. The molecule has 4 heteroatoms. The Morgan fingerprint density at radius 2 is 2.27 bits per heavy atom. The van der Waals surface area contributed by atoms with Crippen LogP contribution in [-0.4, -0.2) is 22.5 Å². The molecular weight excluding hydrogens is 194 g/mol. The van der Waals surface area contributed by atoms with Gasteiger partial charge in [-0.15, -0.1) is 0 Å². The monoisotopic (exact) mass is 211 g/mol. The molecule has 84 valence electrons. The summed E-state index contributed by atoms with van der Waals surface area (Å²) < 4.78 is 0. The Morgan fingerprint density at radius 3 is 2.73 bits per heavy atom. The third kappa shape index (κ3) is 2.58. The van der Waals surface area contributed by atoms with Crippen molar-refractivity contribution in [2.45, 2.75) is 38.1 Å². The molecule has 1 fully saturated rings. The molecule has 4 nitrogen and oxygen atoms in total. The molecule has 2 atom stereocenters. The molecule has 0 aromatic heterocycles. The molecule has 0 aliphatic heterocycles. The van der Waals surface area contributed by atoms with Gasteiger partial charge >= 0.3 is 5.97 Å². The van der Waals surface area contributed by atoms with Gasteiger partial charge in [-0.3, -0.25) is 4.79 Å². The normalized spacial score (nSPS) is 30.6. The molecule has 1 aliphatic carbocycles. The maximum atomic E-state index is 11.2. The minimum Gasteiger partial charge on any atom is -0.480 e. The van der Waals surface area contributed by atoms with Crippen LogP contribution in [0, 0.1) is 5.92 Å². The van der Waals surface area contributed by atoms with E-state index < -0.39 is 17.4 Å². The van der Waals surface area contributed by atoms with Crippen LogP contribution in [0.1, 0.15) is 32.6 Å². The van der Waals surface area contributed by atoms with Crippen LogP contribution in [0.2, 0.25) is 0 Å². The van der Waals surface area contributed by atoms with Gasteiger partial charge in [0.15, 0.2) is 0 Å². The first kappa shape index (κ1) is 11.8. The summed E-state index contributed by atoms with van der Waals surface area (Å²) >= 11 is 0. The highest BCUT2D eigenvalue weighted by molar-refractivity contribution is 5.92. The van der Waals surface area contributed by atoms with Crippen LogP contribution in [0.4, 0.5) is 0 Å². The van der Waals surface area contributed by atoms with Gasteiger partial charge in [0.25, 0.3) is 0 Å². The van der Waals surface area contributed by atoms with E-state index in [0.29, 0.717) is 18.8 Å². The lowest BCUT2D eigenvalue weighted by Gasteiger charge is -2.36. The molecule has 0 aromatic carbocycles. The number of amides is 1. The summed E-state index contributed by atoms with van der Waals surface area (Å²) in [7, 11) is 0. The van der Waals surface area contributed by atoms with Crippen LogP contribution in [0.25, 0.3) is 0 Å². The Balaban J connectivity index is 2.82. The fraction of sp³-hybridized carbons (Fsp3) is 0.636. The van der Waals surface area contributed by atoms with Crippen LogP contribution in [0.5, 0.6) is 0 Å². The van der Waals surface area contributed by atoms with Crippen molar-refractivity contribution >= 4 is 11.9 Å². The summed E-state index contributed by atoms with van der Waals surface area (Å²) in [4.78, 5) is 22.4. The fourth-order valence-electron chi connectivity index (χ4n) is 2.20. The van der Waals surface area contributed by atoms with E-state index in [4.69, 9.17) is 0 Å². The summed E-state index contributed by atoms with van der Waals surface area (Å²) in [5.74, 6) is -1.02.